The molecule has 0 radical (unpaired) electrons. The molecule has 1 atom stereocenters. The average Bonchev–Trinajstić information content (AvgIpc) is 2.37. The maximum Gasteiger partial charge on any atom is 0.126 e. The number of halogens is 3. The van der Waals surface area contributed by atoms with Crippen molar-refractivity contribution in [1.82, 2.24) is 0 Å². The van der Waals surface area contributed by atoms with E-state index in [1.165, 1.54) is 12.1 Å². The highest BCUT2D eigenvalue weighted by Gasteiger charge is 2.31. The molecule has 2 aromatic rings. The fourth-order valence-electron chi connectivity index (χ4n) is 2.19. The van der Waals surface area contributed by atoms with Gasteiger partial charge in [-0.25, -0.2) is 13.2 Å². The second-order valence-electron chi connectivity index (χ2n) is 5.33. The highest BCUT2D eigenvalue weighted by atomic mass is 19.1. The van der Waals surface area contributed by atoms with Crippen LogP contribution in [-0.2, 0) is 5.41 Å². The van der Waals surface area contributed by atoms with Crippen LogP contribution in [0.4, 0.5) is 13.2 Å². The first-order valence-corrected chi connectivity index (χ1v) is 6.21. The summed E-state index contributed by atoms with van der Waals surface area (Å²) in [5.74, 6) is -1.86. The van der Waals surface area contributed by atoms with E-state index in [1.807, 2.05) is 0 Å². The van der Waals surface area contributed by atoms with Gasteiger partial charge in [0.1, 0.15) is 17.5 Å². The summed E-state index contributed by atoms with van der Waals surface area (Å²) in [4.78, 5) is 0. The molecule has 0 fully saturated rings. The van der Waals surface area contributed by atoms with E-state index >= 15 is 0 Å². The van der Waals surface area contributed by atoms with Gasteiger partial charge < -0.3 is 5.11 Å². The van der Waals surface area contributed by atoms with E-state index in [0.29, 0.717) is 5.56 Å². The van der Waals surface area contributed by atoms with Crippen molar-refractivity contribution in [3.05, 3.63) is 71.0 Å². The SMILES string of the molecule is CC(C)(c1ccc(F)cc1)C(O)c1cc(F)cc(F)c1. The summed E-state index contributed by atoms with van der Waals surface area (Å²) in [5, 5.41) is 10.4. The lowest BCUT2D eigenvalue weighted by Gasteiger charge is -2.31. The Morgan fingerprint density at radius 1 is 0.850 bits per heavy atom. The molecule has 106 valence electrons. The van der Waals surface area contributed by atoms with Gasteiger partial charge in [-0.2, -0.15) is 0 Å². The molecule has 2 rings (SSSR count). The van der Waals surface area contributed by atoms with Crippen LogP contribution in [0.25, 0.3) is 0 Å². The number of aliphatic hydroxyl groups excluding tert-OH is 1. The number of benzene rings is 2. The van der Waals surface area contributed by atoms with E-state index in [1.54, 1.807) is 26.0 Å². The van der Waals surface area contributed by atoms with Gasteiger partial charge in [0.2, 0.25) is 0 Å². The van der Waals surface area contributed by atoms with Crippen LogP contribution in [0, 0.1) is 17.5 Å². The Balaban J connectivity index is 2.39. The second-order valence-corrected chi connectivity index (χ2v) is 5.33. The van der Waals surface area contributed by atoms with Crippen LogP contribution in [0.1, 0.15) is 31.1 Å². The lowest BCUT2D eigenvalue weighted by molar-refractivity contribution is 0.0995. The Hall–Kier alpha value is -1.81. The largest absolute Gasteiger partial charge is 0.388 e. The topological polar surface area (TPSA) is 20.2 Å². The molecular weight excluding hydrogens is 265 g/mol. The number of aliphatic hydroxyl groups is 1. The van der Waals surface area contributed by atoms with Crippen LogP contribution >= 0.6 is 0 Å². The molecule has 0 amide bonds. The number of hydrogen-bond acceptors (Lipinski definition) is 1. The normalized spacial score (nSPS) is 13.3. The van der Waals surface area contributed by atoms with Crippen molar-refractivity contribution in [2.45, 2.75) is 25.4 Å². The molecule has 1 nitrogen and oxygen atoms in total. The average molecular weight is 280 g/mol. The molecule has 0 heterocycles. The van der Waals surface area contributed by atoms with Gasteiger partial charge in [0.25, 0.3) is 0 Å². The summed E-state index contributed by atoms with van der Waals surface area (Å²) in [5.41, 5.74) is 0.0152. The minimum absolute atomic E-state index is 0.150. The maximum atomic E-state index is 13.2. The molecule has 0 aliphatic rings. The summed E-state index contributed by atoms with van der Waals surface area (Å²) in [6.45, 7) is 3.46. The van der Waals surface area contributed by atoms with Gasteiger partial charge in [0.15, 0.2) is 0 Å². The van der Waals surface area contributed by atoms with Crippen molar-refractivity contribution < 1.29 is 18.3 Å². The Morgan fingerprint density at radius 2 is 1.35 bits per heavy atom. The van der Waals surface area contributed by atoms with Crippen LogP contribution in [0.3, 0.4) is 0 Å². The van der Waals surface area contributed by atoms with Gasteiger partial charge in [-0.05, 0) is 35.4 Å². The third kappa shape index (κ3) is 2.85. The summed E-state index contributed by atoms with van der Waals surface area (Å²) >= 11 is 0. The molecule has 0 spiro atoms. The molecule has 0 aliphatic heterocycles. The van der Waals surface area contributed by atoms with Gasteiger partial charge in [-0.1, -0.05) is 26.0 Å². The third-order valence-electron chi connectivity index (χ3n) is 3.47. The minimum Gasteiger partial charge on any atom is -0.388 e. The van der Waals surface area contributed by atoms with Gasteiger partial charge in [-0.15, -0.1) is 0 Å². The van der Waals surface area contributed by atoms with E-state index in [0.717, 1.165) is 18.2 Å². The third-order valence-corrected chi connectivity index (χ3v) is 3.47. The summed E-state index contributed by atoms with van der Waals surface area (Å²) in [7, 11) is 0. The fourth-order valence-corrected chi connectivity index (χ4v) is 2.19. The zero-order chi connectivity index (χ0) is 14.9. The predicted octanol–water partition coefficient (Wildman–Crippen LogP) is 4.12. The van der Waals surface area contributed by atoms with Gasteiger partial charge in [0.05, 0.1) is 6.10 Å². The first kappa shape index (κ1) is 14.6. The van der Waals surface area contributed by atoms with Gasteiger partial charge in [0, 0.05) is 11.5 Å². The molecule has 0 aromatic heterocycles. The van der Waals surface area contributed by atoms with E-state index < -0.39 is 23.2 Å². The van der Waals surface area contributed by atoms with Crippen LogP contribution in [-0.4, -0.2) is 5.11 Å². The molecule has 2 aromatic carbocycles. The lowest BCUT2D eigenvalue weighted by atomic mass is 9.76. The Kier molecular flexibility index (Phi) is 3.86. The van der Waals surface area contributed by atoms with E-state index in [4.69, 9.17) is 0 Å². The Morgan fingerprint density at radius 3 is 1.85 bits per heavy atom. The van der Waals surface area contributed by atoms with Crippen LogP contribution in [0.2, 0.25) is 0 Å². The van der Waals surface area contributed by atoms with Crippen molar-refractivity contribution in [3.63, 3.8) is 0 Å². The van der Waals surface area contributed by atoms with Crippen molar-refractivity contribution in [2.24, 2.45) is 0 Å². The van der Waals surface area contributed by atoms with Crippen LogP contribution in [0.5, 0.6) is 0 Å². The summed E-state index contributed by atoms with van der Waals surface area (Å²) < 4.78 is 39.4. The monoisotopic (exact) mass is 280 g/mol. The molecular formula is C16H15F3O. The first-order valence-electron chi connectivity index (χ1n) is 6.21. The maximum absolute atomic E-state index is 13.2. The van der Waals surface area contributed by atoms with Crippen LogP contribution in [0.15, 0.2) is 42.5 Å². The lowest BCUT2D eigenvalue weighted by Crippen LogP contribution is -2.27. The van der Waals surface area contributed by atoms with Crippen molar-refractivity contribution in [3.8, 4) is 0 Å². The zero-order valence-corrected chi connectivity index (χ0v) is 11.2. The summed E-state index contributed by atoms with van der Waals surface area (Å²) in [6, 6.07) is 8.62. The quantitative estimate of drug-likeness (QED) is 0.897. The molecule has 0 bridgehead atoms. The molecule has 0 aliphatic carbocycles. The first-order chi connectivity index (χ1) is 9.30. The molecule has 1 unspecified atom stereocenters. The molecule has 0 saturated carbocycles. The fraction of sp³-hybridized carbons (Fsp3) is 0.250. The predicted molar refractivity (Wildman–Crippen MR) is 70.7 cm³/mol. The highest BCUT2D eigenvalue weighted by Crippen LogP contribution is 2.37. The van der Waals surface area contributed by atoms with Crippen LogP contribution < -0.4 is 0 Å². The molecule has 1 N–H and O–H groups in total. The van der Waals surface area contributed by atoms with E-state index in [9.17, 15) is 18.3 Å². The smallest absolute Gasteiger partial charge is 0.126 e. The highest BCUT2D eigenvalue weighted by molar-refractivity contribution is 5.31. The van der Waals surface area contributed by atoms with E-state index in [2.05, 4.69) is 0 Å². The minimum atomic E-state index is -1.11. The zero-order valence-electron chi connectivity index (χ0n) is 11.2. The van der Waals surface area contributed by atoms with E-state index in [-0.39, 0.29) is 11.4 Å². The second kappa shape index (κ2) is 5.29. The Bertz CT molecular complexity index is 585. The van der Waals surface area contributed by atoms with Crippen molar-refractivity contribution in [2.75, 3.05) is 0 Å². The molecule has 4 heteroatoms. The summed E-state index contributed by atoms with van der Waals surface area (Å²) in [6.07, 6.45) is -1.11. The number of hydrogen-bond donors (Lipinski definition) is 1. The standard InChI is InChI=1S/C16H15F3O/c1-16(2,11-3-5-12(17)6-4-11)15(20)10-7-13(18)9-14(19)8-10/h3-9,15,20H,1-2H3. The van der Waals surface area contributed by atoms with Crippen molar-refractivity contribution >= 4 is 0 Å². The van der Waals surface area contributed by atoms with Gasteiger partial charge >= 0.3 is 0 Å². The Labute approximate surface area is 115 Å². The molecule has 0 saturated heterocycles. The van der Waals surface area contributed by atoms with Crippen molar-refractivity contribution in [1.29, 1.82) is 0 Å². The van der Waals surface area contributed by atoms with Gasteiger partial charge in [-0.3, -0.25) is 0 Å². The number of rotatable bonds is 3. The molecule has 20 heavy (non-hydrogen) atoms.